The fourth-order valence-corrected chi connectivity index (χ4v) is 4.34. The lowest BCUT2D eigenvalue weighted by atomic mass is 10.0. The van der Waals surface area contributed by atoms with Gasteiger partial charge in [0.2, 0.25) is 0 Å². The van der Waals surface area contributed by atoms with Gasteiger partial charge in [0.25, 0.3) is 5.56 Å². The third-order valence-corrected chi connectivity index (χ3v) is 5.90. The fraction of sp³-hybridized carbons (Fsp3) is 0.455. The zero-order chi connectivity index (χ0) is 21.0. The highest BCUT2D eigenvalue weighted by Crippen LogP contribution is 2.37. The highest BCUT2D eigenvalue weighted by molar-refractivity contribution is 8.02. The van der Waals surface area contributed by atoms with E-state index in [9.17, 15) is 4.79 Å². The minimum Gasteiger partial charge on any atom is -0.491 e. The minimum atomic E-state index is -0.0584. The van der Waals surface area contributed by atoms with E-state index in [0.29, 0.717) is 35.9 Å². The van der Waals surface area contributed by atoms with E-state index in [2.05, 4.69) is 32.2 Å². The number of thioether (sulfide) groups is 1. The molecule has 0 radical (unpaired) electrons. The molecule has 1 aromatic heterocycles. The van der Waals surface area contributed by atoms with Gasteiger partial charge in [0.15, 0.2) is 0 Å². The molecule has 0 spiro atoms. The number of nitrogens with one attached hydrogen (secondary N) is 1. The Labute approximate surface area is 175 Å². The molecule has 0 saturated heterocycles. The standard InChI is InChI=1S/C22H28N4O2S/c1-4-5-8-28-20-18-9-15(21-25-16(10-23)13-29-21)6-7-17(18)22(27)26(12-14(2)3)19(20)11-24/h6-7,9,13-14,21,25H,4-5,8,11-12,24H2,1-3H3. The van der Waals surface area contributed by atoms with E-state index in [1.165, 1.54) is 0 Å². The number of unbranched alkanes of at least 4 members (excludes halogenated alkanes) is 1. The average molecular weight is 413 g/mol. The first-order valence-corrected chi connectivity index (χ1v) is 11.0. The maximum atomic E-state index is 13.2. The van der Waals surface area contributed by atoms with Crippen LogP contribution in [0.25, 0.3) is 10.8 Å². The number of nitriles is 1. The van der Waals surface area contributed by atoms with Crippen molar-refractivity contribution in [3.63, 3.8) is 0 Å². The van der Waals surface area contributed by atoms with E-state index in [4.69, 9.17) is 15.7 Å². The summed E-state index contributed by atoms with van der Waals surface area (Å²) in [5.74, 6) is 1.02. The Bertz CT molecular complexity index is 1020. The van der Waals surface area contributed by atoms with Crippen molar-refractivity contribution < 1.29 is 4.74 Å². The number of ether oxygens (including phenoxy) is 1. The molecule has 6 nitrogen and oxygen atoms in total. The molecule has 2 heterocycles. The van der Waals surface area contributed by atoms with E-state index in [-0.39, 0.29) is 17.5 Å². The molecule has 3 N–H and O–H groups in total. The Morgan fingerprint density at radius 1 is 1.38 bits per heavy atom. The van der Waals surface area contributed by atoms with Gasteiger partial charge in [-0.3, -0.25) is 4.79 Å². The van der Waals surface area contributed by atoms with Crippen LogP contribution in [0.15, 0.2) is 34.1 Å². The molecule has 2 aromatic rings. The summed E-state index contributed by atoms with van der Waals surface area (Å²) in [7, 11) is 0. The summed E-state index contributed by atoms with van der Waals surface area (Å²) in [5, 5.41) is 15.5. The minimum absolute atomic E-state index is 0.0357. The molecular formula is C22H28N4O2S. The predicted octanol–water partition coefficient (Wildman–Crippen LogP) is 4.00. The molecule has 7 heteroatoms. The molecule has 1 unspecified atom stereocenters. The van der Waals surface area contributed by atoms with Crippen molar-refractivity contribution in [2.45, 2.75) is 52.1 Å². The second kappa shape index (κ2) is 9.38. The Balaban J connectivity index is 2.15. The molecule has 1 aliphatic heterocycles. The summed E-state index contributed by atoms with van der Waals surface area (Å²) >= 11 is 1.55. The van der Waals surface area contributed by atoms with Gasteiger partial charge in [-0.1, -0.05) is 33.3 Å². The summed E-state index contributed by atoms with van der Waals surface area (Å²) in [6.07, 6.45) is 1.96. The molecule has 1 aromatic carbocycles. The molecule has 154 valence electrons. The molecule has 1 aliphatic rings. The SMILES string of the molecule is CCCCOc1c(CN)n(CC(C)C)c(=O)c2ccc(C3NC(C#N)=CS3)cc12. The summed E-state index contributed by atoms with van der Waals surface area (Å²) < 4.78 is 7.96. The van der Waals surface area contributed by atoms with Crippen molar-refractivity contribution in [3.8, 4) is 11.8 Å². The second-order valence-corrected chi connectivity index (χ2v) is 8.58. The average Bonchev–Trinajstić information content (AvgIpc) is 3.20. The summed E-state index contributed by atoms with van der Waals surface area (Å²) in [6, 6.07) is 7.94. The van der Waals surface area contributed by atoms with E-state index in [1.54, 1.807) is 16.3 Å². The summed E-state index contributed by atoms with van der Waals surface area (Å²) in [4.78, 5) is 13.2. The van der Waals surface area contributed by atoms with Gasteiger partial charge in [0.1, 0.15) is 22.9 Å². The molecule has 0 aliphatic carbocycles. The number of nitrogens with two attached hydrogens (primary N) is 1. The van der Waals surface area contributed by atoms with Crippen LogP contribution in [-0.4, -0.2) is 11.2 Å². The molecule has 3 rings (SSSR count). The quantitative estimate of drug-likeness (QED) is 0.637. The van der Waals surface area contributed by atoms with Crippen molar-refractivity contribution in [1.29, 1.82) is 5.26 Å². The Morgan fingerprint density at radius 2 is 2.17 bits per heavy atom. The largest absolute Gasteiger partial charge is 0.491 e. The molecule has 0 amide bonds. The van der Waals surface area contributed by atoms with Crippen molar-refractivity contribution in [2.24, 2.45) is 11.7 Å². The number of allylic oxidation sites excluding steroid dienone is 1. The van der Waals surface area contributed by atoms with Gasteiger partial charge in [-0.15, -0.1) is 11.8 Å². The molecule has 0 bridgehead atoms. The number of rotatable bonds is 8. The maximum absolute atomic E-state index is 13.2. The Morgan fingerprint density at radius 3 is 2.79 bits per heavy atom. The third-order valence-electron chi connectivity index (χ3n) is 4.87. The lowest BCUT2D eigenvalue weighted by molar-refractivity contribution is 0.304. The van der Waals surface area contributed by atoms with Crippen molar-refractivity contribution in [1.82, 2.24) is 9.88 Å². The van der Waals surface area contributed by atoms with Gasteiger partial charge in [-0.05, 0) is 30.0 Å². The molecular weight excluding hydrogens is 384 g/mol. The van der Waals surface area contributed by atoms with Gasteiger partial charge in [-0.2, -0.15) is 5.26 Å². The predicted molar refractivity (Wildman–Crippen MR) is 119 cm³/mol. The van der Waals surface area contributed by atoms with Crippen molar-refractivity contribution >= 4 is 22.5 Å². The van der Waals surface area contributed by atoms with Crippen LogP contribution >= 0.6 is 11.8 Å². The van der Waals surface area contributed by atoms with Crippen LogP contribution in [0, 0.1) is 17.2 Å². The normalized spacial score (nSPS) is 16.0. The number of pyridine rings is 1. The van der Waals surface area contributed by atoms with E-state index >= 15 is 0 Å². The van der Waals surface area contributed by atoms with Gasteiger partial charge < -0.3 is 20.4 Å². The highest BCUT2D eigenvalue weighted by Gasteiger charge is 2.22. The number of benzene rings is 1. The highest BCUT2D eigenvalue weighted by atomic mass is 32.2. The van der Waals surface area contributed by atoms with E-state index in [1.807, 2.05) is 23.6 Å². The van der Waals surface area contributed by atoms with E-state index in [0.717, 1.165) is 29.5 Å². The number of aromatic nitrogens is 1. The first-order chi connectivity index (χ1) is 14.0. The van der Waals surface area contributed by atoms with Gasteiger partial charge >= 0.3 is 0 Å². The van der Waals surface area contributed by atoms with Crippen LogP contribution < -0.4 is 21.3 Å². The van der Waals surface area contributed by atoms with Crippen LogP contribution in [-0.2, 0) is 13.1 Å². The summed E-state index contributed by atoms with van der Waals surface area (Å²) in [6.45, 7) is 7.70. The second-order valence-electron chi connectivity index (χ2n) is 7.60. The van der Waals surface area contributed by atoms with Crippen LogP contribution in [0.5, 0.6) is 5.75 Å². The fourth-order valence-electron chi connectivity index (χ4n) is 3.45. The first-order valence-electron chi connectivity index (χ1n) is 10.0. The number of hydrogen-bond acceptors (Lipinski definition) is 6. The van der Waals surface area contributed by atoms with Crippen LogP contribution in [0.3, 0.4) is 0 Å². The molecule has 1 atom stereocenters. The number of fused-ring (bicyclic) bond motifs is 1. The van der Waals surface area contributed by atoms with Crippen LogP contribution in [0.4, 0.5) is 0 Å². The molecule has 0 saturated carbocycles. The number of nitrogens with zero attached hydrogens (tertiary/aromatic N) is 2. The van der Waals surface area contributed by atoms with E-state index < -0.39 is 0 Å². The zero-order valence-corrected chi connectivity index (χ0v) is 18.0. The Hall–Kier alpha value is -2.43. The zero-order valence-electron chi connectivity index (χ0n) is 17.2. The number of hydrogen-bond donors (Lipinski definition) is 2. The molecule has 0 fully saturated rings. The summed E-state index contributed by atoms with van der Waals surface area (Å²) in [5.41, 5.74) is 8.34. The maximum Gasteiger partial charge on any atom is 0.258 e. The first kappa shape index (κ1) is 21.3. The van der Waals surface area contributed by atoms with Crippen LogP contribution in [0.1, 0.15) is 50.2 Å². The van der Waals surface area contributed by atoms with Gasteiger partial charge in [-0.25, -0.2) is 0 Å². The topological polar surface area (TPSA) is 93.1 Å². The molecule has 29 heavy (non-hydrogen) atoms. The lowest BCUT2D eigenvalue weighted by Gasteiger charge is -2.21. The lowest BCUT2D eigenvalue weighted by Crippen LogP contribution is -2.28. The van der Waals surface area contributed by atoms with Crippen molar-refractivity contribution in [2.75, 3.05) is 6.61 Å². The van der Waals surface area contributed by atoms with Gasteiger partial charge in [0, 0.05) is 23.9 Å². The van der Waals surface area contributed by atoms with Crippen molar-refractivity contribution in [3.05, 3.63) is 50.9 Å². The third kappa shape index (κ3) is 4.44. The Kier molecular flexibility index (Phi) is 6.88. The van der Waals surface area contributed by atoms with Crippen LogP contribution in [0.2, 0.25) is 0 Å². The van der Waals surface area contributed by atoms with Gasteiger partial charge in [0.05, 0.1) is 17.7 Å². The monoisotopic (exact) mass is 412 g/mol. The smallest absolute Gasteiger partial charge is 0.258 e.